The Labute approximate surface area is 161 Å². The van der Waals surface area contributed by atoms with Crippen molar-refractivity contribution in [2.45, 2.75) is 18.2 Å². The first-order chi connectivity index (χ1) is 12.8. The van der Waals surface area contributed by atoms with Crippen molar-refractivity contribution < 1.29 is 13.2 Å². The molecular formula is C20H27N3O3S. The lowest BCUT2D eigenvalue weighted by molar-refractivity contribution is -0.119. The Morgan fingerprint density at radius 1 is 1.04 bits per heavy atom. The van der Waals surface area contributed by atoms with Crippen LogP contribution in [0.1, 0.15) is 12.0 Å². The smallest absolute Gasteiger partial charge is 0.264 e. The molecule has 0 aromatic heterocycles. The van der Waals surface area contributed by atoms with E-state index in [9.17, 15) is 13.2 Å². The molecule has 146 valence electrons. The van der Waals surface area contributed by atoms with E-state index in [1.165, 1.54) is 12.1 Å². The summed E-state index contributed by atoms with van der Waals surface area (Å²) in [7, 11) is 0.0863. The molecular weight excluding hydrogens is 362 g/mol. The van der Waals surface area contributed by atoms with Crippen LogP contribution in [0.2, 0.25) is 0 Å². The van der Waals surface area contributed by atoms with Gasteiger partial charge in [-0.25, -0.2) is 8.42 Å². The predicted molar refractivity (Wildman–Crippen MR) is 108 cm³/mol. The summed E-state index contributed by atoms with van der Waals surface area (Å²) in [5.74, 6) is -0.324. The number of sulfonamides is 1. The molecule has 7 heteroatoms. The highest BCUT2D eigenvalue weighted by Gasteiger charge is 2.27. The Morgan fingerprint density at radius 2 is 1.74 bits per heavy atom. The SMILES string of the molecule is Cc1cccc(N(CC(=O)NCCCN(C)C)S(=O)(=O)c2ccccc2)c1. The monoisotopic (exact) mass is 389 g/mol. The van der Waals surface area contributed by atoms with E-state index in [1.807, 2.05) is 32.0 Å². The normalized spacial score (nSPS) is 11.4. The molecule has 0 aliphatic carbocycles. The summed E-state index contributed by atoms with van der Waals surface area (Å²) < 4.78 is 27.4. The number of aryl methyl sites for hydroxylation is 1. The third kappa shape index (κ3) is 6.08. The number of amides is 1. The third-order valence-electron chi connectivity index (χ3n) is 4.01. The van der Waals surface area contributed by atoms with Crippen molar-refractivity contribution in [3.63, 3.8) is 0 Å². The number of rotatable bonds is 9. The van der Waals surface area contributed by atoms with Crippen molar-refractivity contribution >= 4 is 21.6 Å². The van der Waals surface area contributed by atoms with Gasteiger partial charge in [0.1, 0.15) is 6.54 Å². The van der Waals surface area contributed by atoms with Gasteiger partial charge in [0, 0.05) is 6.54 Å². The van der Waals surface area contributed by atoms with Crippen LogP contribution in [0, 0.1) is 6.92 Å². The molecule has 0 bridgehead atoms. The van der Waals surface area contributed by atoms with Gasteiger partial charge in [-0.3, -0.25) is 9.10 Å². The highest BCUT2D eigenvalue weighted by molar-refractivity contribution is 7.92. The number of benzene rings is 2. The Bertz CT molecular complexity index is 852. The molecule has 2 rings (SSSR count). The zero-order valence-electron chi connectivity index (χ0n) is 16.1. The molecule has 0 heterocycles. The number of nitrogens with zero attached hydrogens (tertiary/aromatic N) is 2. The second kappa shape index (κ2) is 9.53. The van der Waals surface area contributed by atoms with Gasteiger partial charge in [0.05, 0.1) is 10.6 Å². The van der Waals surface area contributed by atoms with E-state index in [4.69, 9.17) is 0 Å². The molecule has 0 fully saturated rings. The Kier molecular flexibility index (Phi) is 7.38. The van der Waals surface area contributed by atoms with Crippen LogP contribution in [0.5, 0.6) is 0 Å². The average molecular weight is 390 g/mol. The molecule has 2 aromatic carbocycles. The number of nitrogens with one attached hydrogen (secondary N) is 1. The van der Waals surface area contributed by atoms with E-state index in [0.29, 0.717) is 12.2 Å². The highest BCUT2D eigenvalue weighted by atomic mass is 32.2. The van der Waals surface area contributed by atoms with Gasteiger partial charge in [-0.2, -0.15) is 0 Å². The van der Waals surface area contributed by atoms with Crippen molar-refractivity contribution in [3.8, 4) is 0 Å². The second-order valence-corrected chi connectivity index (χ2v) is 8.53. The van der Waals surface area contributed by atoms with Gasteiger partial charge in [-0.15, -0.1) is 0 Å². The molecule has 27 heavy (non-hydrogen) atoms. The van der Waals surface area contributed by atoms with E-state index < -0.39 is 10.0 Å². The van der Waals surface area contributed by atoms with Crippen LogP contribution in [-0.4, -0.2) is 53.0 Å². The molecule has 0 spiro atoms. The number of hydrogen-bond donors (Lipinski definition) is 1. The lowest BCUT2D eigenvalue weighted by Gasteiger charge is -2.24. The summed E-state index contributed by atoms with van der Waals surface area (Å²) in [4.78, 5) is 14.6. The lowest BCUT2D eigenvalue weighted by Crippen LogP contribution is -2.41. The summed E-state index contributed by atoms with van der Waals surface area (Å²) in [5.41, 5.74) is 1.40. The van der Waals surface area contributed by atoms with E-state index in [1.54, 1.807) is 36.4 Å². The van der Waals surface area contributed by atoms with Crippen LogP contribution >= 0.6 is 0 Å². The van der Waals surface area contributed by atoms with Gasteiger partial charge in [0.15, 0.2) is 0 Å². The first-order valence-electron chi connectivity index (χ1n) is 8.86. The molecule has 6 nitrogen and oxygen atoms in total. The molecule has 0 saturated heterocycles. The van der Waals surface area contributed by atoms with Crippen LogP contribution in [0.25, 0.3) is 0 Å². The second-order valence-electron chi connectivity index (χ2n) is 6.67. The van der Waals surface area contributed by atoms with Gasteiger partial charge >= 0.3 is 0 Å². The first kappa shape index (κ1) is 20.9. The Balaban J connectivity index is 2.22. The summed E-state index contributed by atoms with van der Waals surface area (Å²) in [6, 6.07) is 15.3. The van der Waals surface area contributed by atoms with Crippen molar-refractivity contribution in [2.75, 3.05) is 38.0 Å². The van der Waals surface area contributed by atoms with Gasteiger partial charge in [-0.1, -0.05) is 30.3 Å². The summed E-state index contributed by atoms with van der Waals surface area (Å²) in [6.45, 7) is 2.98. The van der Waals surface area contributed by atoms with E-state index in [2.05, 4.69) is 5.32 Å². The molecule has 2 aromatic rings. The highest BCUT2D eigenvalue weighted by Crippen LogP contribution is 2.24. The lowest BCUT2D eigenvalue weighted by atomic mass is 10.2. The fourth-order valence-corrected chi connectivity index (χ4v) is 4.06. The maximum absolute atomic E-state index is 13.1. The Hall–Kier alpha value is -2.38. The maximum atomic E-state index is 13.1. The quantitative estimate of drug-likeness (QED) is 0.668. The number of anilines is 1. The maximum Gasteiger partial charge on any atom is 0.264 e. The van der Waals surface area contributed by atoms with Crippen molar-refractivity contribution in [2.24, 2.45) is 0 Å². The fraction of sp³-hybridized carbons (Fsp3) is 0.350. The van der Waals surface area contributed by atoms with Gasteiger partial charge in [0.2, 0.25) is 5.91 Å². The zero-order valence-corrected chi connectivity index (χ0v) is 16.9. The molecule has 1 amide bonds. The van der Waals surface area contributed by atoms with Crippen LogP contribution in [0.4, 0.5) is 5.69 Å². The van der Waals surface area contributed by atoms with Gasteiger partial charge < -0.3 is 10.2 Å². The minimum atomic E-state index is -3.85. The minimum Gasteiger partial charge on any atom is -0.354 e. The average Bonchev–Trinajstić information content (AvgIpc) is 2.63. The number of hydrogen-bond acceptors (Lipinski definition) is 4. The summed E-state index contributed by atoms with van der Waals surface area (Å²) >= 11 is 0. The standard InChI is InChI=1S/C20H27N3O3S/c1-17-9-7-10-18(15-17)23(16-20(24)21-13-8-14-22(2)3)27(25,26)19-11-5-4-6-12-19/h4-7,9-12,15H,8,13-14,16H2,1-3H3,(H,21,24). The molecule has 0 aliphatic heterocycles. The molecule has 0 aliphatic rings. The van der Waals surface area contributed by atoms with E-state index in [0.717, 1.165) is 22.8 Å². The van der Waals surface area contributed by atoms with Crippen LogP contribution in [0.3, 0.4) is 0 Å². The minimum absolute atomic E-state index is 0.159. The third-order valence-corrected chi connectivity index (χ3v) is 5.80. The molecule has 1 N–H and O–H groups in total. The fourth-order valence-electron chi connectivity index (χ4n) is 2.63. The molecule has 0 saturated carbocycles. The van der Waals surface area contributed by atoms with Crippen LogP contribution in [-0.2, 0) is 14.8 Å². The summed E-state index contributed by atoms with van der Waals surface area (Å²) in [6.07, 6.45) is 0.800. The number of carbonyl (C=O) groups excluding carboxylic acids is 1. The summed E-state index contributed by atoms with van der Waals surface area (Å²) in [5, 5.41) is 2.80. The first-order valence-corrected chi connectivity index (χ1v) is 10.3. The largest absolute Gasteiger partial charge is 0.354 e. The van der Waals surface area contributed by atoms with E-state index in [-0.39, 0.29) is 17.3 Å². The molecule has 0 unspecified atom stereocenters. The van der Waals surface area contributed by atoms with Gasteiger partial charge in [0.25, 0.3) is 10.0 Å². The number of carbonyl (C=O) groups is 1. The van der Waals surface area contributed by atoms with E-state index >= 15 is 0 Å². The van der Waals surface area contributed by atoms with Crippen LogP contribution in [0.15, 0.2) is 59.5 Å². The van der Waals surface area contributed by atoms with Crippen molar-refractivity contribution in [1.82, 2.24) is 10.2 Å². The van der Waals surface area contributed by atoms with Crippen molar-refractivity contribution in [1.29, 1.82) is 0 Å². The van der Waals surface area contributed by atoms with Crippen LogP contribution < -0.4 is 9.62 Å². The topological polar surface area (TPSA) is 69.7 Å². The predicted octanol–water partition coefficient (Wildman–Crippen LogP) is 2.26. The molecule has 0 atom stereocenters. The molecule has 0 radical (unpaired) electrons. The van der Waals surface area contributed by atoms with Crippen molar-refractivity contribution in [3.05, 3.63) is 60.2 Å². The zero-order chi connectivity index (χ0) is 19.9. The van der Waals surface area contributed by atoms with Gasteiger partial charge in [-0.05, 0) is 63.8 Å². The Morgan fingerprint density at radius 3 is 2.37 bits per heavy atom.